The molecule has 0 amide bonds. The van der Waals surface area contributed by atoms with Gasteiger partial charge in [-0.05, 0) is 61.0 Å². The molecule has 3 aromatic rings. The monoisotopic (exact) mass is 440 g/mol. The Hall–Kier alpha value is -2.38. The molecule has 152 valence electrons. The van der Waals surface area contributed by atoms with E-state index in [-0.39, 0.29) is 17.1 Å². The molecule has 0 spiro atoms. The lowest BCUT2D eigenvalue weighted by Gasteiger charge is -2.09. The number of aryl methyl sites for hydroxylation is 1. The molecule has 0 radical (unpaired) electrons. The lowest BCUT2D eigenvalue weighted by molar-refractivity contribution is -0.153. The number of benzene rings is 2. The summed E-state index contributed by atoms with van der Waals surface area (Å²) in [6, 6.07) is 12.9. The smallest absolute Gasteiger partial charge is 0.449 e. The minimum absolute atomic E-state index is 0.0502. The van der Waals surface area contributed by atoms with Crippen molar-refractivity contribution in [3.8, 4) is 17.1 Å². The SMILES string of the molecule is CC(=O)Oc1ccc(SCc2cc(-c3ccc(Cl)cc3)oc2C(F)(F)F)cc1C. The average molecular weight is 441 g/mol. The van der Waals surface area contributed by atoms with Gasteiger partial charge >= 0.3 is 12.1 Å². The van der Waals surface area contributed by atoms with Crippen LogP contribution in [0.25, 0.3) is 11.3 Å². The first-order chi connectivity index (χ1) is 13.6. The zero-order chi connectivity index (χ0) is 21.2. The summed E-state index contributed by atoms with van der Waals surface area (Å²) in [6.45, 7) is 3.07. The highest BCUT2D eigenvalue weighted by Crippen LogP contribution is 2.40. The number of halogens is 4. The molecule has 0 bridgehead atoms. The van der Waals surface area contributed by atoms with Gasteiger partial charge in [0.1, 0.15) is 11.5 Å². The van der Waals surface area contributed by atoms with Crippen molar-refractivity contribution >= 4 is 29.3 Å². The van der Waals surface area contributed by atoms with Gasteiger partial charge in [0, 0.05) is 33.7 Å². The summed E-state index contributed by atoms with van der Waals surface area (Å²) in [5.74, 6) is -0.824. The van der Waals surface area contributed by atoms with Crippen LogP contribution in [0.15, 0.2) is 57.8 Å². The molecule has 0 N–H and O–H groups in total. The minimum atomic E-state index is -4.60. The molecule has 0 aliphatic rings. The number of hydrogen-bond acceptors (Lipinski definition) is 4. The molecule has 8 heteroatoms. The Morgan fingerprint density at radius 3 is 2.41 bits per heavy atom. The first kappa shape index (κ1) is 21.3. The fourth-order valence-corrected chi connectivity index (χ4v) is 3.76. The molecule has 1 aromatic heterocycles. The van der Waals surface area contributed by atoms with E-state index in [1.807, 2.05) is 0 Å². The molecule has 0 unspecified atom stereocenters. The summed E-state index contributed by atoms with van der Waals surface area (Å²) < 4.78 is 50.5. The van der Waals surface area contributed by atoms with Crippen molar-refractivity contribution in [1.82, 2.24) is 0 Å². The van der Waals surface area contributed by atoms with Crippen molar-refractivity contribution in [2.24, 2.45) is 0 Å². The number of furan rings is 1. The number of hydrogen-bond donors (Lipinski definition) is 0. The van der Waals surface area contributed by atoms with E-state index in [4.69, 9.17) is 20.8 Å². The van der Waals surface area contributed by atoms with Gasteiger partial charge in [0.25, 0.3) is 0 Å². The molecular weight excluding hydrogens is 425 g/mol. The van der Waals surface area contributed by atoms with Gasteiger partial charge in [-0.15, -0.1) is 11.8 Å². The third kappa shape index (κ3) is 5.36. The maximum Gasteiger partial charge on any atom is 0.449 e. The van der Waals surface area contributed by atoms with Crippen LogP contribution in [0.2, 0.25) is 5.02 Å². The van der Waals surface area contributed by atoms with Gasteiger partial charge in [0.05, 0.1) is 0 Å². The Kier molecular flexibility index (Phi) is 6.29. The topological polar surface area (TPSA) is 39.4 Å². The fraction of sp³-hybridized carbons (Fsp3) is 0.190. The summed E-state index contributed by atoms with van der Waals surface area (Å²) in [5.41, 5.74) is 1.28. The van der Waals surface area contributed by atoms with Crippen molar-refractivity contribution in [1.29, 1.82) is 0 Å². The van der Waals surface area contributed by atoms with E-state index in [0.717, 1.165) is 10.5 Å². The number of esters is 1. The molecule has 0 saturated heterocycles. The van der Waals surface area contributed by atoms with E-state index in [9.17, 15) is 18.0 Å². The normalized spacial score (nSPS) is 11.5. The second-order valence-corrected chi connectivity index (χ2v) is 7.76. The summed E-state index contributed by atoms with van der Waals surface area (Å²) in [7, 11) is 0. The molecule has 0 aliphatic carbocycles. The van der Waals surface area contributed by atoms with Gasteiger partial charge in [-0.2, -0.15) is 13.2 Å². The van der Waals surface area contributed by atoms with Crippen LogP contribution in [0.3, 0.4) is 0 Å². The second-order valence-electron chi connectivity index (χ2n) is 6.28. The lowest BCUT2D eigenvalue weighted by Crippen LogP contribution is -2.06. The van der Waals surface area contributed by atoms with Crippen LogP contribution in [0.5, 0.6) is 5.75 Å². The molecular formula is C21H16ClF3O3S. The van der Waals surface area contributed by atoms with Crippen LogP contribution < -0.4 is 4.74 Å². The largest absolute Gasteiger partial charge is 0.451 e. The Balaban J connectivity index is 1.84. The molecule has 1 heterocycles. The lowest BCUT2D eigenvalue weighted by atomic mass is 10.1. The molecule has 29 heavy (non-hydrogen) atoms. The fourth-order valence-electron chi connectivity index (χ4n) is 2.67. The standard InChI is InChI=1S/C21H16ClF3O3S/c1-12-9-17(7-8-18(12)27-13(2)26)29-11-15-10-19(28-20(15)21(23,24)25)14-3-5-16(22)6-4-14/h3-10H,11H2,1-2H3. The molecule has 0 atom stereocenters. The van der Waals surface area contributed by atoms with E-state index in [1.54, 1.807) is 49.4 Å². The predicted molar refractivity (Wildman–Crippen MR) is 106 cm³/mol. The average Bonchev–Trinajstić information content (AvgIpc) is 3.07. The van der Waals surface area contributed by atoms with E-state index >= 15 is 0 Å². The third-order valence-electron chi connectivity index (χ3n) is 3.99. The van der Waals surface area contributed by atoms with Gasteiger partial charge in [-0.3, -0.25) is 4.79 Å². The Labute approximate surface area is 174 Å². The van der Waals surface area contributed by atoms with Gasteiger partial charge in [-0.1, -0.05) is 11.6 Å². The van der Waals surface area contributed by atoms with Crippen molar-refractivity contribution in [2.75, 3.05) is 0 Å². The van der Waals surface area contributed by atoms with Gasteiger partial charge < -0.3 is 9.15 Å². The highest BCUT2D eigenvalue weighted by atomic mass is 35.5. The minimum Gasteiger partial charge on any atom is -0.451 e. The summed E-state index contributed by atoms with van der Waals surface area (Å²) in [4.78, 5) is 11.8. The molecule has 3 rings (SSSR count). The van der Waals surface area contributed by atoms with Crippen molar-refractivity contribution in [3.63, 3.8) is 0 Å². The van der Waals surface area contributed by atoms with E-state index in [2.05, 4.69) is 0 Å². The maximum atomic E-state index is 13.4. The van der Waals surface area contributed by atoms with Crippen LogP contribution in [-0.2, 0) is 16.7 Å². The Morgan fingerprint density at radius 1 is 1.14 bits per heavy atom. The zero-order valence-electron chi connectivity index (χ0n) is 15.5. The first-order valence-electron chi connectivity index (χ1n) is 8.51. The second kappa shape index (κ2) is 8.55. The highest BCUT2D eigenvalue weighted by Gasteiger charge is 2.38. The number of thioether (sulfide) groups is 1. The van der Waals surface area contributed by atoms with E-state index in [0.29, 0.717) is 16.3 Å². The molecule has 0 fully saturated rings. The van der Waals surface area contributed by atoms with Crippen molar-refractivity contribution in [3.05, 3.63) is 70.4 Å². The van der Waals surface area contributed by atoms with Gasteiger partial charge in [0.15, 0.2) is 0 Å². The van der Waals surface area contributed by atoms with Crippen molar-refractivity contribution in [2.45, 2.75) is 30.7 Å². The number of carbonyl (C=O) groups is 1. The van der Waals surface area contributed by atoms with E-state index in [1.165, 1.54) is 24.8 Å². The number of carbonyl (C=O) groups excluding carboxylic acids is 1. The van der Waals surface area contributed by atoms with Crippen LogP contribution in [0.4, 0.5) is 13.2 Å². The highest BCUT2D eigenvalue weighted by molar-refractivity contribution is 7.98. The predicted octanol–water partition coefficient (Wildman–Crippen LogP) is 7.14. The third-order valence-corrected chi connectivity index (χ3v) is 5.28. The van der Waals surface area contributed by atoms with Crippen LogP contribution in [0.1, 0.15) is 23.8 Å². The molecule has 3 nitrogen and oxygen atoms in total. The Morgan fingerprint density at radius 2 is 1.83 bits per heavy atom. The number of rotatable bonds is 5. The molecule has 0 saturated carbocycles. The van der Waals surface area contributed by atoms with E-state index < -0.39 is 17.9 Å². The molecule has 2 aromatic carbocycles. The Bertz CT molecular complexity index is 1030. The number of ether oxygens (including phenoxy) is 1. The van der Waals surface area contributed by atoms with Crippen LogP contribution >= 0.6 is 23.4 Å². The summed E-state index contributed by atoms with van der Waals surface area (Å²) in [5, 5.41) is 0.486. The van der Waals surface area contributed by atoms with Gasteiger partial charge in [-0.25, -0.2) is 0 Å². The van der Waals surface area contributed by atoms with Crippen LogP contribution in [-0.4, -0.2) is 5.97 Å². The summed E-state index contributed by atoms with van der Waals surface area (Å²) >= 11 is 7.07. The molecule has 0 aliphatic heterocycles. The summed E-state index contributed by atoms with van der Waals surface area (Å²) in [6.07, 6.45) is -4.60. The maximum absolute atomic E-state index is 13.4. The number of alkyl halides is 3. The zero-order valence-corrected chi connectivity index (χ0v) is 17.0. The quantitative estimate of drug-likeness (QED) is 0.240. The van der Waals surface area contributed by atoms with Crippen molar-refractivity contribution < 1.29 is 27.1 Å². The van der Waals surface area contributed by atoms with Gasteiger partial charge in [0.2, 0.25) is 5.76 Å². The first-order valence-corrected chi connectivity index (χ1v) is 9.87. The van der Waals surface area contributed by atoms with Crippen LogP contribution in [0, 0.1) is 6.92 Å².